The molecule has 126 valence electrons. The molecular weight excluding hydrogens is 340 g/mol. The molecule has 0 saturated carbocycles. The lowest BCUT2D eigenvalue weighted by Crippen LogP contribution is -2.26. The second-order valence-corrected chi connectivity index (χ2v) is 9.26. The first-order chi connectivity index (χ1) is 11.4. The van der Waals surface area contributed by atoms with Gasteiger partial charge in [-0.2, -0.15) is 0 Å². The number of hydrogen-bond acceptors (Lipinski definition) is 5. The lowest BCUT2D eigenvalue weighted by molar-refractivity contribution is -0.118. The fourth-order valence-electron chi connectivity index (χ4n) is 2.08. The smallest absolute Gasteiger partial charge is 0.230 e. The van der Waals surface area contributed by atoms with Gasteiger partial charge in [0.15, 0.2) is 10.8 Å². The molecule has 4 nitrogen and oxygen atoms in total. The van der Waals surface area contributed by atoms with Gasteiger partial charge in [0.2, 0.25) is 5.91 Å². The Morgan fingerprint density at radius 2 is 2.04 bits per heavy atom. The SMILES string of the molecule is CC(C)(C)SCC(=O)NCc1ccc(-c2nc3ccccc3s2)o1. The molecule has 0 saturated heterocycles. The summed E-state index contributed by atoms with van der Waals surface area (Å²) in [5.41, 5.74) is 0.975. The Kier molecular flexibility index (Phi) is 4.96. The van der Waals surface area contributed by atoms with Crippen molar-refractivity contribution < 1.29 is 9.21 Å². The molecule has 0 bridgehead atoms. The summed E-state index contributed by atoms with van der Waals surface area (Å²) in [4.78, 5) is 16.5. The number of hydrogen-bond donors (Lipinski definition) is 1. The first kappa shape index (κ1) is 17.0. The number of carbonyl (C=O) groups is 1. The molecule has 0 atom stereocenters. The quantitative estimate of drug-likeness (QED) is 0.716. The third kappa shape index (κ3) is 4.39. The van der Waals surface area contributed by atoms with Gasteiger partial charge in [0.25, 0.3) is 0 Å². The third-order valence-corrected chi connectivity index (χ3v) is 5.59. The molecule has 3 rings (SSSR count). The summed E-state index contributed by atoms with van der Waals surface area (Å²) in [7, 11) is 0. The number of nitrogens with zero attached hydrogens (tertiary/aromatic N) is 1. The monoisotopic (exact) mass is 360 g/mol. The molecule has 24 heavy (non-hydrogen) atoms. The van der Waals surface area contributed by atoms with Gasteiger partial charge in [-0.05, 0) is 24.3 Å². The van der Waals surface area contributed by atoms with Crippen molar-refractivity contribution in [2.45, 2.75) is 32.1 Å². The summed E-state index contributed by atoms with van der Waals surface area (Å²) in [6, 6.07) is 11.8. The Labute approximate surface area is 149 Å². The fourth-order valence-corrected chi connectivity index (χ4v) is 3.68. The highest BCUT2D eigenvalue weighted by Gasteiger charge is 2.14. The largest absolute Gasteiger partial charge is 0.457 e. The summed E-state index contributed by atoms with van der Waals surface area (Å²) in [5.74, 6) is 1.95. The van der Waals surface area contributed by atoms with Crippen molar-refractivity contribution in [2.75, 3.05) is 5.75 Å². The normalized spacial score (nSPS) is 11.8. The lowest BCUT2D eigenvalue weighted by Gasteiger charge is -2.16. The van der Waals surface area contributed by atoms with Crippen molar-refractivity contribution in [2.24, 2.45) is 0 Å². The number of rotatable bonds is 5. The second-order valence-electron chi connectivity index (χ2n) is 6.43. The number of furan rings is 1. The van der Waals surface area contributed by atoms with E-state index in [0.717, 1.165) is 26.7 Å². The van der Waals surface area contributed by atoms with E-state index in [1.807, 2.05) is 36.4 Å². The number of carbonyl (C=O) groups excluding carboxylic acids is 1. The van der Waals surface area contributed by atoms with Gasteiger partial charge < -0.3 is 9.73 Å². The molecular formula is C18H20N2O2S2. The number of nitrogens with one attached hydrogen (secondary N) is 1. The van der Waals surface area contributed by atoms with Gasteiger partial charge >= 0.3 is 0 Å². The number of thioether (sulfide) groups is 1. The van der Waals surface area contributed by atoms with Crippen LogP contribution in [-0.2, 0) is 11.3 Å². The molecule has 0 aliphatic rings. The highest BCUT2D eigenvalue weighted by atomic mass is 32.2. The predicted molar refractivity (Wildman–Crippen MR) is 101 cm³/mol. The van der Waals surface area contributed by atoms with E-state index in [9.17, 15) is 4.79 Å². The Balaban J connectivity index is 1.60. The summed E-state index contributed by atoms with van der Waals surface area (Å²) >= 11 is 3.23. The Morgan fingerprint density at radius 1 is 1.25 bits per heavy atom. The number of benzene rings is 1. The third-order valence-electron chi connectivity index (χ3n) is 3.26. The van der Waals surface area contributed by atoms with E-state index in [1.54, 1.807) is 23.1 Å². The van der Waals surface area contributed by atoms with E-state index in [-0.39, 0.29) is 10.7 Å². The van der Waals surface area contributed by atoms with Gasteiger partial charge in [0.05, 0.1) is 22.5 Å². The van der Waals surface area contributed by atoms with E-state index in [0.29, 0.717) is 12.3 Å². The van der Waals surface area contributed by atoms with Crippen molar-refractivity contribution in [1.82, 2.24) is 10.3 Å². The van der Waals surface area contributed by atoms with Crippen LogP contribution in [0.25, 0.3) is 21.0 Å². The fraction of sp³-hybridized carbons (Fsp3) is 0.333. The van der Waals surface area contributed by atoms with Crippen molar-refractivity contribution in [3.63, 3.8) is 0 Å². The van der Waals surface area contributed by atoms with Crippen LogP contribution in [0.4, 0.5) is 0 Å². The number of para-hydroxylation sites is 1. The number of fused-ring (bicyclic) bond motifs is 1. The number of amides is 1. The summed E-state index contributed by atoms with van der Waals surface area (Å²) in [6.07, 6.45) is 0. The zero-order valence-corrected chi connectivity index (χ0v) is 15.6. The molecule has 1 aromatic carbocycles. The molecule has 1 amide bonds. The van der Waals surface area contributed by atoms with Gasteiger partial charge in [0.1, 0.15) is 5.76 Å². The molecule has 2 heterocycles. The van der Waals surface area contributed by atoms with Crippen LogP contribution in [0.3, 0.4) is 0 Å². The van der Waals surface area contributed by atoms with Crippen LogP contribution in [0.1, 0.15) is 26.5 Å². The zero-order chi connectivity index (χ0) is 17.2. The van der Waals surface area contributed by atoms with Crippen LogP contribution in [-0.4, -0.2) is 21.4 Å². The molecule has 0 unspecified atom stereocenters. The molecule has 3 aromatic rings. The Morgan fingerprint density at radius 3 is 2.79 bits per heavy atom. The zero-order valence-electron chi connectivity index (χ0n) is 14.0. The average molecular weight is 361 g/mol. The first-order valence-electron chi connectivity index (χ1n) is 7.76. The molecule has 2 aromatic heterocycles. The van der Waals surface area contributed by atoms with Crippen molar-refractivity contribution in [3.05, 3.63) is 42.2 Å². The van der Waals surface area contributed by atoms with E-state index in [4.69, 9.17) is 4.42 Å². The van der Waals surface area contributed by atoms with Crippen LogP contribution >= 0.6 is 23.1 Å². The van der Waals surface area contributed by atoms with E-state index in [1.165, 1.54) is 0 Å². The average Bonchev–Trinajstić information content (AvgIpc) is 3.16. The number of thiazole rings is 1. The van der Waals surface area contributed by atoms with E-state index < -0.39 is 0 Å². The van der Waals surface area contributed by atoms with Crippen LogP contribution < -0.4 is 5.32 Å². The topological polar surface area (TPSA) is 55.1 Å². The number of aromatic nitrogens is 1. The van der Waals surface area contributed by atoms with Crippen LogP contribution in [0.15, 0.2) is 40.8 Å². The van der Waals surface area contributed by atoms with Crippen LogP contribution in [0.2, 0.25) is 0 Å². The van der Waals surface area contributed by atoms with Gasteiger partial charge in [-0.3, -0.25) is 4.79 Å². The van der Waals surface area contributed by atoms with Crippen molar-refractivity contribution in [1.29, 1.82) is 0 Å². The van der Waals surface area contributed by atoms with Crippen molar-refractivity contribution >= 4 is 39.2 Å². The second kappa shape index (κ2) is 6.99. The van der Waals surface area contributed by atoms with Crippen LogP contribution in [0.5, 0.6) is 0 Å². The molecule has 0 radical (unpaired) electrons. The maximum Gasteiger partial charge on any atom is 0.230 e. The van der Waals surface area contributed by atoms with Gasteiger partial charge in [-0.25, -0.2) is 4.98 Å². The maximum atomic E-state index is 11.9. The minimum absolute atomic E-state index is 0.0212. The molecule has 0 aliphatic carbocycles. The first-order valence-corrected chi connectivity index (χ1v) is 9.56. The summed E-state index contributed by atoms with van der Waals surface area (Å²) in [5, 5.41) is 3.75. The summed E-state index contributed by atoms with van der Waals surface area (Å²) < 4.78 is 7.04. The minimum atomic E-state index is 0.0212. The van der Waals surface area contributed by atoms with Crippen LogP contribution in [0, 0.1) is 0 Å². The highest BCUT2D eigenvalue weighted by molar-refractivity contribution is 8.01. The Bertz CT molecular complexity index is 813. The molecule has 0 spiro atoms. The standard InChI is InChI=1S/C18H20N2O2S2/c1-18(2,3)23-11-16(21)19-10-12-8-9-14(22-12)17-20-13-6-4-5-7-15(13)24-17/h4-9H,10-11H2,1-3H3,(H,19,21). The molecule has 6 heteroatoms. The highest BCUT2D eigenvalue weighted by Crippen LogP contribution is 2.31. The lowest BCUT2D eigenvalue weighted by atomic mass is 10.3. The molecule has 0 fully saturated rings. The maximum absolute atomic E-state index is 11.9. The van der Waals surface area contributed by atoms with Gasteiger partial charge in [-0.1, -0.05) is 32.9 Å². The van der Waals surface area contributed by atoms with E-state index in [2.05, 4.69) is 31.1 Å². The summed E-state index contributed by atoms with van der Waals surface area (Å²) in [6.45, 7) is 6.69. The van der Waals surface area contributed by atoms with Gasteiger partial charge in [0, 0.05) is 4.75 Å². The van der Waals surface area contributed by atoms with Gasteiger partial charge in [-0.15, -0.1) is 23.1 Å². The Hall–Kier alpha value is -1.79. The van der Waals surface area contributed by atoms with E-state index >= 15 is 0 Å². The molecule has 0 aliphatic heterocycles. The minimum Gasteiger partial charge on any atom is -0.457 e. The van der Waals surface area contributed by atoms with Crippen molar-refractivity contribution in [3.8, 4) is 10.8 Å². The molecule has 1 N–H and O–H groups in total. The predicted octanol–water partition coefficient (Wildman–Crippen LogP) is 4.70.